The lowest BCUT2D eigenvalue weighted by molar-refractivity contribution is -0.0168. The first-order valence-electron chi connectivity index (χ1n) is 6.21. The van der Waals surface area contributed by atoms with Gasteiger partial charge in [-0.15, -0.1) is 0 Å². The van der Waals surface area contributed by atoms with Crippen molar-refractivity contribution in [1.29, 1.82) is 0 Å². The molecular weight excluding hydrogens is 249 g/mol. The summed E-state index contributed by atoms with van der Waals surface area (Å²) in [6.07, 6.45) is 0.543. The topological polar surface area (TPSA) is 88.0 Å². The van der Waals surface area contributed by atoms with Crippen molar-refractivity contribution in [2.24, 2.45) is 0 Å². The molecule has 1 aromatic rings. The van der Waals surface area contributed by atoms with Gasteiger partial charge in [0.1, 0.15) is 11.8 Å². The predicted molar refractivity (Wildman–Crippen MR) is 67.2 cm³/mol. The van der Waals surface area contributed by atoms with Gasteiger partial charge in [0.2, 0.25) is 0 Å². The molecule has 3 rings (SSSR count). The van der Waals surface area contributed by atoms with Gasteiger partial charge in [-0.1, -0.05) is 12.1 Å². The van der Waals surface area contributed by atoms with Gasteiger partial charge >= 0.3 is 13.1 Å². The minimum atomic E-state index is -1.13. The molecule has 0 aromatic heterocycles. The third-order valence-electron chi connectivity index (χ3n) is 3.42. The summed E-state index contributed by atoms with van der Waals surface area (Å²) in [6.45, 7) is 1.54. The van der Waals surface area contributed by atoms with Gasteiger partial charge in [0, 0.05) is 19.5 Å². The normalized spacial score (nSPS) is 22.4. The summed E-state index contributed by atoms with van der Waals surface area (Å²) in [5, 5.41) is 22.1. The molecule has 0 amide bonds. The van der Waals surface area contributed by atoms with E-state index in [-0.39, 0.29) is 17.4 Å². The Morgan fingerprint density at radius 2 is 2.26 bits per heavy atom. The second-order valence-electron chi connectivity index (χ2n) is 4.77. The lowest BCUT2D eigenvalue weighted by Gasteiger charge is -2.34. The number of aromatic carboxylic acids is 1. The monoisotopic (exact) mass is 263 g/mol. The summed E-state index contributed by atoms with van der Waals surface area (Å²) < 4.78 is 11.0. The Labute approximate surface area is 110 Å². The molecule has 6 nitrogen and oxygen atoms in total. The van der Waals surface area contributed by atoms with E-state index >= 15 is 0 Å². The molecule has 1 atom stereocenters. The molecular formula is C12H14BNO5. The summed E-state index contributed by atoms with van der Waals surface area (Å²) in [5.41, 5.74) is 0.822. The van der Waals surface area contributed by atoms with Crippen LogP contribution in [0.4, 0.5) is 0 Å². The number of para-hydroxylation sites is 1. The van der Waals surface area contributed by atoms with Crippen molar-refractivity contribution < 1.29 is 24.3 Å². The highest BCUT2D eigenvalue weighted by atomic mass is 16.6. The fraction of sp³-hybridized carbons (Fsp3) is 0.417. The Morgan fingerprint density at radius 1 is 1.47 bits per heavy atom. The number of ether oxygens (including phenoxy) is 1. The Morgan fingerprint density at radius 3 is 2.89 bits per heavy atom. The number of fused-ring (bicyclic) bond motifs is 1. The van der Waals surface area contributed by atoms with Crippen LogP contribution in [-0.2, 0) is 11.2 Å². The fourth-order valence-corrected chi connectivity index (χ4v) is 2.29. The molecule has 100 valence electrons. The number of hydrogen-bond donors (Lipinski definition) is 3. The molecule has 0 spiro atoms. The summed E-state index contributed by atoms with van der Waals surface area (Å²) in [7, 11) is -1.13. The Kier molecular flexibility index (Phi) is 3.18. The molecule has 0 radical (unpaired) electrons. The molecule has 1 fully saturated rings. The zero-order valence-corrected chi connectivity index (χ0v) is 10.2. The molecule has 0 bridgehead atoms. The van der Waals surface area contributed by atoms with Gasteiger partial charge in [-0.05, 0) is 11.6 Å². The standard InChI is InChI=1S/C12H14BNO5/c15-12(16)9-3-1-2-7-4-10(13(17)19-11(7)9)18-8-5-14-6-8/h1-3,8,10,14,17H,4-6H2,(H,15,16). The van der Waals surface area contributed by atoms with Crippen molar-refractivity contribution in [3.05, 3.63) is 29.3 Å². The zero-order chi connectivity index (χ0) is 13.4. The number of carboxylic acids is 1. The third kappa shape index (κ3) is 2.32. The lowest BCUT2D eigenvalue weighted by atomic mass is 9.74. The number of benzene rings is 1. The lowest BCUT2D eigenvalue weighted by Crippen LogP contribution is -2.54. The van der Waals surface area contributed by atoms with E-state index in [2.05, 4.69) is 5.32 Å². The molecule has 0 aliphatic carbocycles. The third-order valence-corrected chi connectivity index (χ3v) is 3.42. The molecule has 1 unspecified atom stereocenters. The van der Waals surface area contributed by atoms with Crippen LogP contribution in [0.1, 0.15) is 15.9 Å². The molecule has 2 heterocycles. The van der Waals surface area contributed by atoms with Crippen molar-refractivity contribution in [2.75, 3.05) is 13.1 Å². The van der Waals surface area contributed by atoms with Gasteiger partial charge in [-0.2, -0.15) is 0 Å². The molecule has 7 heteroatoms. The molecule has 2 aliphatic heterocycles. The van der Waals surface area contributed by atoms with Crippen LogP contribution in [0.25, 0.3) is 0 Å². The average molecular weight is 263 g/mol. The largest absolute Gasteiger partial charge is 0.554 e. The number of carbonyl (C=O) groups is 1. The minimum Gasteiger partial charge on any atom is -0.534 e. The summed E-state index contributed by atoms with van der Waals surface area (Å²) in [6, 6.07) is 4.47. The smallest absolute Gasteiger partial charge is 0.534 e. The first-order valence-corrected chi connectivity index (χ1v) is 6.21. The van der Waals surface area contributed by atoms with Gasteiger partial charge in [0.15, 0.2) is 0 Å². The van der Waals surface area contributed by atoms with Crippen molar-refractivity contribution in [3.8, 4) is 5.75 Å². The second kappa shape index (κ2) is 4.84. The second-order valence-corrected chi connectivity index (χ2v) is 4.77. The van der Waals surface area contributed by atoms with E-state index in [1.165, 1.54) is 6.07 Å². The maximum absolute atomic E-state index is 11.1. The van der Waals surface area contributed by atoms with Crippen LogP contribution in [0.15, 0.2) is 18.2 Å². The molecule has 3 N–H and O–H groups in total. The van der Waals surface area contributed by atoms with Crippen LogP contribution in [0.5, 0.6) is 5.75 Å². The minimum absolute atomic E-state index is 0.0697. The average Bonchev–Trinajstić information content (AvgIpc) is 2.33. The highest BCUT2D eigenvalue weighted by Crippen LogP contribution is 2.31. The molecule has 19 heavy (non-hydrogen) atoms. The fourth-order valence-electron chi connectivity index (χ4n) is 2.29. The zero-order valence-electron chi connectivity index (χ0n) is 10.2. The van der Waals surface area contributed by atoms with Gasteiger partial charge < -0.3 is 24.8 Å². The summed E-state index contributed by atoms with van der Waals surface area (Å²) in [5.74, 6) is -0.819. The number of nitrogens with one attached hydrogen (secondary N) is 1. The first-order chi connectivity index (χ1) is 9.15. The molecule has 2 aliphatic rings. The van der Waals surface area contributed by atoms with E-state index in [0.717, 1.165) is 18.7 Å². The van der Waals surface area contributed by atoms with E-state index in [1.807, 2.05) is 0 Å². The quantitative estimate of drug-likeness (QED) is 0.649. The number of carboxylic acid groups (broad SMARTS) is 1. The van der Waals surface area contributed by atoms with Gasteiger partial charge in [-0.3, -0.25) is 0 Å². The van der Waals surface area contributed by atoms with Gasteiger partial charge in [0.25, 0.3) is 0 Å². The van der Waals surface area contributed by atoms with Crippen molar-refractivity contribution >= 4 is 13.1 Å². The van der Waals surface area contributed by atoms with Crippen LogP contribution in [0, 0.1) is 0 Å². The van der Waals surface area contributed by atoms with Crippen molar-refractivity contribution in [3.63, 3.8) is 0 Å². The maximum atomic E-state index is 11.1. The number of rotatable bonds is 3. The summed E-state index contributed by atoms with van der Waals surface area (Å²) >= 11 is 0. The van der Waals surface area contributed by atoms with Crippen LogP contribution >= 0.6 is 0 Å². The van der Waals surface area contributed by atoms with E-state index in [9.17, 15) is 9.82 Å². The van der Waals surface area contributed by atoms with Crippen LogP contribution in [0.2, 0.25) is 0 Å². The number of hydrogen-bond acceptors (Lipinski definition) is 5. The van der Waals surface area contributed by atoms with Crippen LogP contribution < -0.4 is 9.97 Å². The van der Waals surface area contributed by atoms with Gasteiger partial charge in [-0.25, -0.2) is 4.79 Å². The Bertz CT molecular complexity index is 505. The summed E-state index contributed by atoms with van der Waals surface area (Å²) in [4.78, 5) is 11.1. The van der Waals surface area contributed by atoms with Gasteiger partial charge in [0.05, 0.1) is 11.7 Å². The highest BCUT2D eigenvalue weighted by molar-refractivity contribution is 6.46. The highest BCUT2D eigenvalue weighted by Gasteiger charge is 2.39. The van der Waals surface area contributed by atoms with Crippen LogP contribution in [0.3, 0.4) is 0 Å². The van der Waals surface area contributed by atoms with E-state index < -0.39 is 19.1 Å². The molecule has 0 saturated carbocycles. The van der Waals surface area contributed by atoms with E-state index in [4.69, 9.17) is 14.5 Å². The van der Waals surface area contributed by atoms with E-state index in [1.54, 1.807) is 12.1 Å². The first kappa shape index (κ1) is 12.5. The molecule has 1 aromatic carbocycles. The molecule has 1 saturated heterocycles. The van der Waals surface area contributed by atoms with Crippen molar-refractivity contribution in [1.82, 2.24) is 5.32 Å². The van der Waals surface area contributed by atoms with Crippen LogP contribution in [-0.4, -0.2) is 48.4 Å². The predicted octanol–water partition coefficient (Wildman–Crippen LogP) is -0.304. The SMILES string of the molecule is O=C(O)c1cccc2c1OB(O)C(OC1CNC1)C2. The van der Waals surface area contributed by atoms with E-state index in [0.29, 0.717) is 6.42 Å². The Balaban J connectivity index is 1.82. The maximum Gasteiger partial charge on any atom is 0.554 e. The Hall–Kier alpha value is -1.57. The van der Waals surface area contributed by atoms with Crippen molar-refractivity contribution in [2.45, 2.75) is 18.5 Å².